The Hall–Kier alpha value is -3.59. The number of carbonyl (C=O) groups excluding carboxylic acids is 2. The quantitative estimate of drug-likeness (QED) is 0.508. The first-order chi connectivity index (χ1) is 15.6. The number of anilines is 1. The predicted octanol–water partition coefficient (Wildman–Crippen LogP) is 3.31. The van der Waals surface area contributed by atoms with E-state index in [4.69, 9.17) is 0 Å². The van der Waals surface area contributed by atoms with Crippen LogP contribution in [0.25, 0.3) is 4.96 Å². The number of fused-ring (bicyclic) bond motifs is 1. The van der Waals surface area contributed by atoms with Gasteiger partial charge >= 0.3 is 0 Å². The minimum Gasteiger partial charge on any atom is -0.342 e. The maximum atomic E-state index is 12.8. The number of aryl methyl sites for hydroxylation is 1. The summed E-state index contributed by atoms with van der Waals surface area (Å²) in [6.45, 7) is 3.06. The number of benzene rings is 1. The number of thiazole rings is 1. The molecule has 1 aromatic carbocycles. The van der Waals surface area contributed by atoms with E-state index in [9.17, 15) is 9.59 Å². The number of nitrogens with one attached hydrogen (secondary N) is 1. The summed E-state index contributed by atoms with van der Waals surface area (Å²) >= 11 is 1.55. The third-order valence-electron chi connectivity index (χ3n) is 5.66. The minimum absolute atomic E-state index is 0.0637. The second kappa shape index (κ2) is 8.51. The molecule has 1 atom stereocenters. The topological polar surface area (TPSA) is 92.5 Å². The average molecular weight is 447 g/mol. The SMILES string of the molecule is Cc1nc([C@H]2CCN(C(=O)Cc3cn4ccsc4n3)C2)ncc1C(=O)Nc1ccccc1. The van der Waals surface area contributed by atoms with Gasteiger partial charge in [0.2, 0.25) is 5.91 Å². The molecular formula is C23H22N6O2S. The van der Waals surface area contributed by atoms with E-state index in [0.29, 0.717) is 36.6 Å². The second-order valence-corrected chi connectivity index (χ2v) is 8.75. The molecule has 4 heterocycles. The van der Waals surface area contributed by atoms with E-state index in [1.165, 1.54) is 0 Å². The Kier molecular flexibility index (Phi) is 5.40. The molecule has 0 bridgehead atoms. The summed E-state index contributed by atoms with van der Waals surface area (Å²) in [7, 11) is 0. The molecule has 0 aliphatic carbocycles. The Bertz CT molecular complexity index is 1250. The zero-order valence-electron chi connectivity index (χ0n) is 17.6. The van der Waals surface area contributed by atoms with Crippen LogP contribution in [0, 0.1) is 6.92 Å². The van der Waals surface area contributed by atoms with Gasteiger partial charge < -0.3 is 10.2 Å². The lowest BCUT2D eigenvalue weighted by Gasteiger charge is -2.16. The van der Waals surface area contributed by atoms with E-state index in [-0.39, 0.29) is 17.7 Å². The number of hydrogen-bond acceptors (Lipinski definition) is 6. The van der Waals surface area contributed by atoms with Crippen LogP contribution in [0.5, 0.6) is 0 Å². The van der Waals surface area contributed by atoms with Crippen molar-refractivity contribution >= 4 is 33.8 Å². The zero-order valence-corrected chi connectivity index (χ0v) is 18.4. The molecular weight excluding hydrogens is 424 g/mol. The Morgan fingerprint density at radius 2 is 2.06 bits per heavy atom. The minimum atomic E-state index is -0.233. The number of amides is 2. The van der Waals surface area contributed by atoms with Crippen LogP contribution >= 0.6 is 11.3 Å². The lowest BCUT2D eigenvalue weighted by molar-refractivity contribution is -0.129. The second-order valence-electron chi connectivity index (χ2n) is 7.87. The van der Waals surface area contributed by atoms with Crippen LogP contribution in [-0.4, -0.2) is 49.2 Å². The predicted molar refractivity (Wildman–Crippen MR) is 122 cm³/mol. The maximum absolute atomic E-state index is 12.8. The van der Waals surface area contributed by atoms with Crippen LogP contribution in [0.4, 0.5) is 5.69 Å². The molecule has 0 spiro atoms. The van der Waals surface area contributed by atoms with Crippen molar-refractivity contribution in [2.24, 2.45) is 0 Å². The van der Waals surface area contributed by atoms with Gasteiger partial charge in [0.05, 0.1) is 23.4 Å². The average Bonchev–Trinajstić information content (AvgIpc) is 3.51. The lowest BCUT2D eigenvalue weighted by Crippen LogP contribution is -2.30. The molecule has 162 valence electrons. The van der Waals surface area contributed by atoms with Crippen molar-refractivity contribution in [3.8, 4) is 0 Å². The highest BCUT2D eigenvalue weighted by Gasteiger charge is 2.30. The normalized spacial score (nSPS) is 15.9. The van der Waals surface area contributed by atoms with Crippen molar-refractivity contribution in [1.29, 1.82) is 0 Å². The Morgan fingerprint density at radius 1 is 1.22 bits per heavy atom. The van der Waals surface area contributed by atoms with E-state index >= 15 is 0 Å². The van der Waals surface area contributed by atoms with Crippen LogP contribution in [0.1, 0.15) is 39.9 Å². The summed E-state index contributed by atoms with van der Waals surface area (Å²) in [4.78, 5) is 41.6. The Balaban J connectivity index is 1.22. The first-order valence-corrected chi connectivity index (χ1v) is 11.3. The van der Waals surface area contributed by atoms with Crippen molar-refractivity contribution in [3.63, 3.8) is 0 Å². The van der Waals surface area contributed by atoms with E-state index in [0.717, 1.165) is 22.8 Å². The highest BCUT2D eigenvalue weighted by Crippen LogP contribution is 2.26. The number of nitrogens with zero attached hydrogens (tertiary/aromatic N) is 5. The van der Waals surface area contributed by atoms with Crippen LogP contribution < -0.4 is 5.32 Å². The van der Waals surface area contributed by atoms with Crippen LogP contribution in [-0.2, 0) is 11.2 Å². The molecule has 0 radical (unpaired) electrons. The summed E-state index contributed by atoms with van der Waals surface area (Å²) in [5.74, 6) is 0.572. The molecule has 5 rings (SSSR count). The van der Waals surface area contributed by atoms with Crippen molar-refractivity contribution < 1.29 is 9.59 Å². The van der Waals surface area contributed by atoms with Gasteiger partial charge in [-0.3, -0.25) is 14.0 Å². The van der Waals surface area contributed by atoms with E-state index in [2.05, 4.69) is 20.3 Å². The van der Waals surface area contributed by atoms with E-state index in [1.807, 2.05) is 64.3 Å². The van der Waals surface area contributed by atoms with Gasteiger partial charge in [-0.25, -0.2) is 15.0 Å². The Morgan fingerprint density at radius 3 is 2.84 bits per heavy atom. The fraction of sp³-hybridized carbons (Fsp3) is 0.261. The number of carbonyl (C=O) groups is 2. The molecule has 0 unspecified atom stereocenters. The highest BCUT2D eigenvalue weighted by molar-refractivity contribution is 7.15. The summed E-state index contributed by atoms with van der Waals surface area (Å²) in [5, 5.41) is 4.83. The van der Waals surface area contributed by atoms with Gasteiger partial charge in [0.15, 0.2) is 4.96 Å². The number of para-hydroxylation sites is 1. The van der Waals surface area contributed by atoms with E-state index in [1.54, 1.807) is 17.5 Å². The summed E-state index contributed by atoms with van der Waals surface area (Å²) < 4.78 is 1.94. The molecule has 2 amide bonds. The monoisotopic (exact) mass is 446 g/mol. The molecule has 1 aliphatic rings. The van der Waals surface area contributed by atoms with Gasteiger partial charge in [0.25, 0.3) is 5.91 Å². The summed E-state index contributed by atoms with van der Waals surface area (Å²) in [6.07, 6.45) is 6.52. The van der Waals surface area contributed by atoms with Crippen molar-refractivity contribution in [3.05, 3.63) is 77.1 Å². The molecule has 3 aromatic heterocycles. The first kappa shape index (κ1) is 20.3. The molecule has 1 saturated heterocycles. The molecule has 4 aromatic rings. The zero-order chi connectivity index (χ0) is 22.1. The van der Waals surface area contributed by atoms with Crippen LogP contribution in [0.15, 0.2) is 54.3 Å². The van der Waals surface area contributed by atoms with Crippen molar-refractivity contribution in [1.82, 2.24) is 24.3 Å². The van der Waals surface area contributed by atoms with Gasteiger partial charge in [-0.05, 0) is 25.5 Å². The third-order valence-corrected chi connectivity index (χ3v) is 6.43. The van der Waals surface area contributed by atoms with E-state index < -0.39 is 0 Å². The van der Waals surface area contributed by atoms with Gasteiger partial charge in [-0.15, -0.1) is 11.3 Å². The number of aromatic nitrogens is 4. The van der Waals surface area contributed by atoms with Crippen LogP contribution in [0.2, 0.25) is 0 Å². The molecule has 1 fully saturated rings. The first-order valence-electron chi connectivity index (χ1n) is 10.5. The van der Waals surface area contributed by atoms with Gasteiger partial charge in [0, 0.05) is 48.7 Å². The molecule has 1 N–H and O–H groups in total. The van der Waals surface area contributed by atoms with Gasteiger partial charge in [-0.1, -0.05) is 18.2 Å². The van der Waals surface area contributed by atoms with Crippen molar-refractivity contribution in [2.75, 3.05) is 18.4 Å². The number of imidazole rings is 1. The third kappa shape index (κ3) is 4.11. The van der Waals surface area contributed by atoms with Gasteiger partial charge in [0.1, 0.15) is 5.82 Å². The Labute approximate surface area is 189 Å². The van der Waals surface area contributed by atoms with Gasteiger partial charge in [-0.2, -0.15) is 0 Å². The number of hydrogen-bond donors (Lipinski definition) is 1. The highest BCUT2D eigenvalue weighted by atomic mass is 32.1. The molecule has 9 heteroatoms. The maximum Gasteiger partial charge on any atom is 0.259 e. The summed E-state index contributed by atoms with van der Waals surface area (Å²) in [5.41, 5.74) is 2.59. The lowest BCUT2D eigenvalue weighted by atomic mass is 10.1. The molecule has 1 aliphatic heterocycles. The molecule has 32 heavy (non-hydrogen) atoms. The number of rotatable bonds is 5. The fourth-order valence-corrected chi connectivity index (χ4v) is 4.67. The molecule has 0 saturated carbocycles. The largest absolute Gasteiger partial charge is 0.342 e. The smallest absolute Gasteiger partial charge is 0.259 e. The van der Waals surface area contributed by atoms with Crippen molar-refractivity contribution in [2.45, 2.75) is 25.7 Å². The fourth-order valence-electron chi connectivity index (χ4n) is 3.95. The summed E-state index contributed by atoms with van der Waals surface area (Å²) in [6, 6.07) is 9.29. The standard InChI is InChI=1S/C23H22N6O2S/c1-15-19(22(31)26-17-5-3-2-4-6-17)12-24-21(25-15)16-7-8-28(13-16)20(30)11-18-14-29-9-10-32-23(29)27-18/h2-6,9-10,12,14,16H,7-8,11,13H2,1H3,(H,26,31)/t16-/m0/s1. The van der Waals surface area contributed by atoms with Crippen LogP contribution in [0.3, 0.4) is 0 Å². The molecule has 8 nitrogen and oxygen atoms in total. The number of likely N-dealkylation sites (tertiary alicyclic amines) is 1.